The number of likely N-dealkylation sites (tertiary alicyclic amines) is 1. The zero-order valence-electron chi connectivity index (χ0n) is 32.3. The molecule has 0 unspecified atom stereocenters. The molecule has 4 aliphatic rings. The molecule has 7 heterocycles. The minimum absolute atomic E-state index is 0.0606. The van der Waals surface area contributed by atoms with Crippen LogP contribution in [0, 0.1) is 5.92 Å². The standard InChI is InChI=1S/C40H50N12O5/c1-57-34-20-28(22-43-36(34)39(56)44-29-5-6-35(53)47-38(29)55)50-17-8-25(9-18-50)23-49-15-10-27(11-16-49)52-24-26-19-32(45-37(54)30-7-12-42-40(41)46-30)33(21-31(26)48-52)51-13-3-2-4-14-51/h7,12,19-22,24-25,27,29H,2-6,8-11,13-18,23H2,1H3,(H,44,56)(H,45,54)(H2,41,42,46)(H,47,53,55)/t29-/m0/s1. The number of piperidine rings is 4. The molecule has 0 aliphatic carbocycles. The van der Waals surface area contributed by atoms with E-state index in [4.69, 9.17) is 15.6 Å². The van der Waals surface area contributed by atoms with Crippen molar-refractivity contribution in [3.63, 3.8) is 0 Å². The van der Waals surface area contributed by atoms with Gasteiger partial charge < -0.3 is 35.8 Å². The molecule has 0 bridgehead atoms. The molecule has 4 aromatic rings. The van der Waals surface area contributed by atoms with Gasteiger partial charge in [-0.15, -0.1) is 0 Å². The summed E-state index contributed by atoms with van der Waals surface area (Å²) >= 11 is 0. The fourth-order valence-electron chi connectivity index (χ4n) is 8.55. The number of aromatic nitrogens is 5. The molecule has 0 spiro atoms. The van der Waals surface area contributed by atoms with Crippen LogP contribution in [0.4, 0.5) is 23.0 Å². The van der Waals surface area contributed by atoms with E-state index in [0.29, 0.717) is 17.7 Å². The first-order chi connectivity index (χ1) is 27.7. The number of fused-ring (bicyclic) bond motifs is 1. The van der Waals surface area contributed by atoms with E-state index in [-0.39, 0.29) is 42.0 Å². The number of methoxy groups -OCH3 is 1. The molecule has 4 fully saturated rings. The molecule has 4 amide bonds. The van der Waals surface area contributed by atoms with Gasteiger partial charge >= 0.3 is 0 Å². The van der Waals surface area contributed by atoms with E-state index in [0.717, 1.165) is 112 Å². The molecule has 0 saturated carbocycles. The first-order valence-corrected chi connectivity index (χ1v) is 20.0. The van der Waals surface area contributed by atoms with Crippen molar-refractivity contribution in [2.75, 3.05) is 73.8 Å². The maximum absolute atomic E-state index is 13.2. The van der Waals surface area contributed by atoms with Gasteiger partial charge in [0.2, 0.25) is 17.8 Å². The van der Waals surface area contributed by atoms with Crippen molar-refractivity contribution >= 4 is 57.5 Å². The largest absolute Gasteiger partial charge is 0.494 e. The Hall–Kier alpha value is -5.84. The SMILES string of the molecule is COc1cc(N2CCC(CN3CCC(n4cc5cc(NC(=O)c6ccnc(N)n6)c(N6CCCCC6)cc5n4)CC3)CC2)cnc1C(=O)N[C@H]1CCC(=O)NC1=O. The number of benzene rings is 1. The fraction of sp³-hybridized carbons (Fsp3) is 0.500. The maximum atomic E-state index is 13.2. The summed E-state index contributed by atoms with van der Waals surface area (Å²) in [7, 11) is 1.50. The Morgan fingerprint density at radius 1 is 0.930 bits per heavy atom. The normalized spacial score (nSPS) is 20.1. The average molecular weight is 779 g/mol. The first kappa shape index (κ1) is 38.1. The van der Waals surface area contributed by atoms with E-state index < -0.39 is 17.9 Å². The van der Waals surface area contributed by atoms with Crippen LogP contribution in [0.1, 0.15) is 84.8 Å². The molecule has 300 valence electrons. The lowest BCUT2D eigenvalue weighted by atomic mass is 9.94. The molecule has 4 aliphatic heterocycles. The molecule has 5 N–H and O–H groups in total. The van der Waals surface area contributed by atoms with Crippen LogP contribution in [0.25, 0.3) is 10.9 Å². The number of imide groups is 1. The average Bonchev–Trinajstić information content (AvgIpc) is 3.65. The predicted octanol–water partition coefficient (Wildman–Crippen LogP) is 3.14. The van der Waals surface area contributed by atoms with Crippen LogP contribution in [-0.4, -0.2) is 112 Å². The molecule has 17 heteroatoms. The van der Waals surface area contributed by atoms with Crippen molar-refractivity contribution < 1.29 is 23.9 Å². The molecule has 1 aromatic carbocycles. The summed E-state index contributed by atoms with van der Waals surface area (Å²) in [5.41, 5.74) is 9.62. The van der Waals surface area contributed by atoms with Gasteiger partial charge in [0.15, 0.2) is 11.4 Å². The van der Waals surface area contributed by atoms with Crippen LogP contribution in [-0.2, 0) is 9.59 Å². The lowest BCUT2D eigenvalue weighted by molar-refractivity contribution is -0.134. The number of hydrogen-bond donors (Lipinski definition) is 4. The number of ether oxygens (including phenoxy) is 1. The molecular formula is C40H50N12O5. The van der Waals surface area contributed by atoms with Crippen LogP contribution in [0.15, 0.2) is 42.9 Å². The van der Waals surface area contributed by atoms with Gasteiger partial charge in [0.05, 0.1) is 41.9 Å². The molecule has 3 aromatic heterocycles. The summed E-state index contributed by atoms with van der Waals surface area (Å²) in [6, 6.07) is 7.06. The van der Waals surface area contributed by atoms with Gasteiger partial charge in [-0.05, 0) is 75.5 Å². The summed E-state index contributed by atoms with van der Waals surface area (Å²) in [4.78, 5) is 69.5. The van der Waals surface area contributed by atoms with E-state index in [1.165, 1.54) is 19.7 Å². The number of nitrogens with zero attached hydrogens (tertiary/aromatic N) is 8. The third-order valence-electron chi connectivity index (χ3n) is 11.7. The van der Waals surface area contributed by atoms with E-state index in [1.54, 1.807) is 12.3 Å². The zero-order chi connectivity index (χ0) is 39.5. The van der Waals surface area contributed by atoms with Gasteiger partial charge in [-0.25, -0.2) is 15.0 Å². The minimum Gasteiger partial charge on any atom is -0.494 e. The second kappa shape index (κ2) is 16.7. The number of anilines is 4. The smallest absolute Gasteiger partial charge is 0.274 e. The Bertz CT molecular complexity index is 2140. The fourth-order valence-corrected chi connectivity index (χ4v) is 8.55. The molecule has 4 saturated heterocycles. The molecular weight excluding hydrogens is 729 g/mol. The number of carbonyl (C=O) groups excluding carboxylic acids is 4. The van der Waals surface area contributed by atoms with Crippen LogP contribution in [0.5, 0.6) is 5.75 Å². The van der Waals surface area contributed by atoms with E-state index in [2.05, 4.69) is 62.5 Å². The Morgan fingerprint density at radius 3 is 2.46 bits per heavy atom. The van der Waals surface area contributed by atoms with Crippen molar-refractivity contribution in [1.82, 2.24) is 40.3 Å². The van der Waals surface area contributed by atoms with Gasteiger partial charge in [-0.1, -0.05) is 0 Å². The second-order valence-electron chi connectivity index (χ2n) is 15.5. The predicted molar refractivity (Wildman–Crippen MR) is 214 cm³/mol. The number of hydrogen-bond acceptors (Lipinski definition) is 13. The zero-order valence-corrected chi connectivity index (χ0v) is 32.3. The van der Waals surface area contributed by atoms with Crippen LogP contribution < -0.4 is 36.2 Å². The number of nitrogen functional groups attached to an aromatic ring is 1. The van der Waals surface area contributed by atoms with Gasteiger partial charge in [-0.2, -0.15) is 5.10 Å². The molecule has 0 radical (unpaired) electrons. The van der Waals surface area contributed by atoms with Gasteiger partial charge in [0.25, 0.3) is 11.8 Å². The Labute approximate surface area is 330 Å². The molecule has 57 heavy (non-hydrogen) atoms. The third-order valence-corrected chi connectivity index (χ3v) is 11.7. The number of amides is 4. The van der Waals surface area contributed by atoms with Crippen LogP contribution in [0.2, 0.25) is 0 Å². The summed E-state index contributed by atoms with van der Waals surface area (Å²) < 4.78 is 7.66. The second-order valence-corrected chi connectivity index (χ2v) is 15.5. The van der Waals surface area contributed by atoms with Gasteiger partial charge in [0.1, 0.15) is 11.7 Å². The van der Waals surface area contributed by atoms with Gasteiger partial charge in [0, 0.05) is 76.1 Å². The van der Waals surface area contributed by atoms with Crippen molar-refractivity contribution in [2.24, 2.45) is 5.92 Å². The van der Waals surface area contributed by atoms with E-state index in [1.807, 2.05) is 12.1 Å². The van der Waals surface area contributed by atoms with E-state index >= 15 is 0 Å². The maximum Gasteiger partial charge on any atom is 0.274 e. The van der Waals surface area contributed by atoms with Crippen molar-refractivity contribution in [3.05, 3.63) is 54.2 Å². The minimum atomic E-state index is -0.788. The number of pyridine rings is 1. The topological polar surface area (TPSA) is 206 Å². The molecule has 8 rings (SSSR count). The molecule has 17 nitrogen and oxygen atoms in total. The number of nitrogens with two attached hydrogens (primary N) is 1. The van der Waals surface area contributed by atoms with Crippen LogP contribution >= 0.6 is 0 Å². The van der Waals surface area contributed by atoms with Crippen molar-refractivity contribution in [3.8, 4) is 5.75 Å². The summed E-state index contributed by atoms with van der Waals surface area (Å²) in [5, 5.41) is 14.1. The lowest BCUT2D eigenvalue weighted by Crippen LogP contribution is -2.52. The highest BCUT2D eigenvalue weighted by Crippen LogP contribution is 2.35. The van der Waals surface area contributed by atoms with Gasteiger partial charge in [-0.3, -0.25) is 29.2 Å². The molecule has 1 atom stereocenters. The summed E-state index contributed by atoms with van der Waals surface area (Å²) in [5.74, 6) is -0.707. The summed E-state index contributed by atoms with van der Waals surface area (Å²) in [6.45, 7) is 6.69. The Kier molecular flexibility index (Phi) is 11.2. The quantitative estimate of drug-likeness (QED) is 0.171. The highest BCUT2D eigenvalue weighted by molar-refractivity contribution is 6.07. The Balaban J connectivity index is 0.852. The number of nitrogens with one attached hydrogen (secondary N) is 3. The van der Waals surface area contributed by atoms with Crippen LogP contribution in [0.3, 0.4) is 0 Å². The monoisotopic (exact) mass is 778 g/mol. The Morgan fingerprint density at radius 2 is 1.72 bits per heavy atom. The van der Waals surface area contributed by atoms with E-state index in [9.17, 15) is 19.2 Å². The highest BCUT2D eigenvalue weighted by Gasteiger charge is 2.31. The highest BCUT2D eigenvalue weighted by atomic mass is 16.5. The number of carbonyl (C=O) groups is 4. The lowest BCUT2D eigenvalue weighted by Gasteiger charge is -2.38. The summed E-state index contributed by atoms with van der Waals surface area (Å²) in [6.07, 6.45) is 13.3. The van der Waals surface area contributed by atoms with Crippen molar-refractivity contribution in [2.45, 2.75) is 69.9 Å². The first-order valence-electron chi connectivity index (χ1n) is 20.0. The van der Waals surface area contributed by atoms with Crippen molar-refractivity contribution in [1.29, 1.82) is 0 Å². The number of rotatable bonds is 10. The third kappa shape index (κ3) is 8.62.